The van der Waals surface area contributed by atoms with E-state index in [9.17, 15) is 9.59 Å². The lowest BCUT2D eigenvalue weighted by Crippen LogP contribution is -2.11. The molecule has 3 aromatic rings. The quantitative estimate of drug-likeness (QED) is 0.279. The number of esters is 1. The summed E-state index contributed by atoms with van der Waals surface area (Å²) in [6.45, 7) is 0. The summed E-state index contributed by atoms with van der Waals surface area (Å²) >= 11 is 5.88. The van der Waals surface area contributed by atoms with E-state index in [4.69, 9.17) is 20.8 Å². The summed E-state index contributed by atoms with van der Waals surface area (Å²) in [6, 6.07) is 16.4. The molecule has 1 aromatic heterocycles. The van der Waals surface area contributed by atoms with Crippen LogP contribution in [0.4, 0.5) is 0 Å². The highest BCUT2D eigenvalue weighted by molar-refractivity contribution is 6.30. The standard InChI is InChI=1S/C20H13ClO4/c21-15-6-3-5-14(13-15)20(23)25-19-9-2-1-8-17(19)18(22)11-10-16-7-4-12-24-16/h1-13H/b11-10+. The first kappa shape index (κ1) is 16.7. The van der Waals surface area contributed by atoms with Gasteiger partial charge in [-0.05, 0) is 54.6 Å². The Hall–Kier alpha value is -3.11. The van der Waals surface area contributed by atoms with Crippen LogP contribution in [-0.2, 0) is 0 Å². The van der Waals surface area contributed by atoms with Gasteiger partial charge in [-0.25, -0.2) is 4.79 Å². The Morgan fingerprint density at radius 3 is 2.60 bits per heavy atom. The second-order valence-electron chi connectivity index (χ2n) is 5.11. The van der Waals surface area contributed by atoms with Crippen LogP contribution in [0.15, 0.2) is 77.4 Å². The summed E-state index contributed by atoms with van der Waals surface area (Å²) in [4.78, 5) is 24.7. The number of carbonyl (C=O) groups is 2. The molecule has 0 radical (unpaired) electrons. The lowest BCUT2D eigenvalue weighted by molar-refractivity contribution is 0.0733. The number of rotatable bonds is 5. The summed E-state index contributed by atoms with van der Waals surface area (Å²) < 4.78 is 10.5. The van der Waals surface area contributed by atoms with Gasteiger partial charge < -0.3 is 9.15 Å². The van der Waals surface area contributed by atoms with Crippen LogP contribution in [0.3, 0.4) is 0 Å². The Labute approximate surface area is 149 Å². The molecular weight excluding hydrogens is 340 g/mol. The average molecular weight is 353 g/mol. The minimum atomic E-state index is -0.585. The number of allylic oxidation sites excluding steroid dienone is 1. The molecule has 0 atom stereocenters. The molecule has 0 fully saturated rings. The van der Waals surface area contributed by atoms with Crippen LogP contribution in [0.5, 0.6) is 5.75 Å². The number of para-hydroxylation sites is 1. The number of carbonyl (C=O) groups excluding carboxylic acids is 2. The Bertz CT molecular complexity index is 926. The van der Waals surface area contributed by atoms with Gasteiger partial charge in [-0.1, -0.05) is 29.8 Å². The first-order chi connectivity index (χ1) is 12.1. The van der Waals surface area contributed by atoms with Crippen LogP contribution in [0.25, 0.3) is 6.08 Å². The normalized spacial score (nSPS) is 10.8. The topological polar surface area (TPSA) is 56.5 Å². The molecule has 0 saturated heterocycles. The van der Waals surface area contributed by atoms with Crippen LogP contribution in [-0.4, -0.2) is 11.8 Å². The van der Waals surface area contributed by atoms with E-state index in [-0.39, 0.29) is 17.1 Å². The fourth-order valence-electron chi connectivity index (χ4n) is 2.17. The van der Waals surface area contributed by atoms with Gasteiger partial charge >= 0.3 is 5.97 Å². The van der Waals surface area contributed by atoms with Crippen molar-refractivity contribution < 1.29 is 18.7 Å². The molecule has 25 heavy (non-hydrogen) atoms. The molecular formula is C20H13ClO4. The van der Waals surface area contributed by atoms with E-state index in [2.05, 4.69) is 0 Å². The number of ketones is 1. The highest BCUT2D eigenvalue weighted by Gasteiger charge is 2.15. The Kier molecular flexibility index (Phi) is 5.11. The van der Waals surface area contributed by atoms with Gasteiger partial charge in [-0.3, -0.25) is 4.79 Å². The summed E-state index contributed by atoms with van der Waals surface area (Å²) in [6.07, 6.45) is 4.44. The monoisotopic (exact) mass is 352 g/mol. The van der Waals surface area contributed by atoms with E-state index in [0.29, 0.717) is 16.3 Å². The highest BCUT2D eigenvalue weighted by Crippen LogP contribution is 2.21. The molecule has 0 aliphatic rings. The Balaban J connectivity index is 1.81. The number of benzene rings is 2. The third-order valence-corrected chi connectivity index (χ3v) is 3.59. The molecule has 0 unspecified atom stereocenters. The third-order valence-electron chi connectivity index (χ3n) is 3.36. The molecule has 0 spiro atoms. The molecule has 0 aliphatic heterocycles. The molecule has 3 rings (SSSR count). The highest BCUT2D eigenvalue weighted by atomic mass is 35.5. The number of ether oxygens (including phenoxy) is 1. The van der Waals surface area contributed by atoms with Gasteiger partial charge in [0.05, 0.1) is 17.4 Å². The second kappa shape index (κ2) is 7.64. The van der Waals surface area contributed by atoms with E-state index in [1.807, 2.05) is 0 Å². The Morgan fingerprint density at radius 2 is 1.84 bits per heavy atom. The van der Waals surface area contributed by atoms with Crippen molar-refractivity contribution in [3.8, 4) is 5.75 Å². The predicted molar refractivity (Wildman–Crippen MR) is 94.9 cm³/mol. The van der Waals surface area contributed by atoms with Crippen molar-refractivity contribution in [2.45, 2.75) is 0 Å². The van der Waals surface area contributed by atoms with Crippen molar-refractivity contribution in [2.75, 3.05) is 0 Å². The summed E-state index contributed by atoms with van der Waals surface area (Å²) in [5.74, 6) is -0.146. The third kappa shape index (κ3) is 4.25. The zero-order valence-electron chi connectivity index (χ0n) is 13.0. The maximum atomic E-state index is 12.4. The van der Waals surface area contributed by atoms with Crippen molar-refractivity contribution in [1.29, 1.82) is 0 Å². The van der Waals surface area contributed by atoms with Gasteiger partial charge in [0, 0.05) is 5.02 Å². The molecule has 0 bridgehead atoms. The van der Waals surface area contributed by atoms with Gasteiger partial charge in [0.25, 0.3) is 0 Å². The number of halogens is 1. The molecule has 0 N–H and O–H groups in total. The van der Waals surface area contributed by atoms with E-state index in [1.54, 1.807) is 60.7 Å². The molecule has 0 aliphatic carbocycles. The molecule has 5 heteroatoms. The van der Waals surface area contributed by atoms with E-state index < -0.39 is 5.97 Å². The van der Waals surface area contributed by atoms with Crippen molar-refractivity contribution >= 4 is 29.4 Å². The van der Waals surface area contributed by atoms with Crippen LogP contribution in [0, 0.1) is 0 Å². The number of hydrogen-bond donors (Lipinski definition) is 0. The van der Waals surface area contributed by atoms with Gasteiger partial charge in [-0.2, -0.15) is 0 Å². The minimum Gasteiger partial charge on any atom is -0.465 e. The number of furan rings is 1. The van der Waals surface area contributed by atoms with Gasteiger partial charge in [0.15, 0.2) is 5.78 Å². The fourth-order valence-corrected chi connectivity index (χ4v) is 2.36. The van der Waals surface area contributed by atoms with E-state index in [0.717, 1.165) is 0 Å². The van der Waals surface area contributed by atoms with Gasteiger partial charge in [0.1, 0.15) is 11.5 Å². The molecule has 124 valence electrons. The molecule has 2 aromatic carbocycles. The van der Waals surface area contributed by atoms with Gasteiger partial charge in [-0.15, -0.1) is 0 Å². The average Bonchev–Trinajstić information content (AvgIpc) is 3.13. The lowest BCUT2D eigenvalue weighted by atomic mass is 10.1. The Morgan fingerprint density at radius 1 is 1.00 bits per heavy atom. The number of hydrogen-bond acceptors (Lipinski definition) is 4. The second-order valence-corrected chi connectivity index (χ2v) is 5.55. The first-order valence-corrected chi connectivity index (χ1v) is 7.84. The fraction of sp³-hybridized carbons (Fsp3) is 0. The van der Waals surface area contributed by atoms with Crippen molar-refractivity contribution in [3.63, 3.8) is 0 Å². The van der Waals surface area contributed by atoms with Gasteiger partial charge in [0.2, 0.25) is 0 Å². The van der Waals surface area contributed by atoms with Crippen molar-refractivity contribution in [1.82, 2.24) is 0 Å². The summed E-state index contributed by atoms with van der Waals surface area (Å²) in [7, 11) is 0. The van der Waals surface area contributed by atoms with E-state index in [1.165, 1.54) is 18.4 Å². The largest absolute Gasteiger partial charge is 0.465 e. The molecule has 0 amide bonds. The van der Waals surface area contributed by atoms with Crippen LogP contribution < -0.4 is 4.74 Å². The zero-order chi connectivity index (χ0) is 17.6. The summed E-state index contributed by atoms with van der Waals surface area (Å²) in [5.41, 5.74) is 0.585. The first-order valence-electron chi connectivity index (χ1n) is 7.46. The SMILES string of the molecule is O=C(Oc1ccccc1C(=O)/C=C/c1ccco1)c1cccc(Cl)c1. The lowest BCUT2D eigenvalue weighted by Gasteiger charge is -2.08. The maximum absolute atomic E-state index is 12.4. The molecule has 4 nitrogen and oxygen atoms in total. The molecule has 1 heterocycles. The summed E-state index contributed by atoms with van der Waals surface area (Å²) in [5, 5.41) is 0.431. The van der Waals surface area contributed by atoms with Crippen LogP contribution >= 0.6 is 11.6 Å². The van der Waals surface area contributed by atoms with Crippen LogP contribution in [0.1, 0.15) is 26.5 Å². The van der Waals surface area contributed by atoms with Crippen LogP contribution in [0.2, 0.25) is 5.02 Å². The minimum absolute atomic E-state index is 0.182. The van der Waals surface area contributed by atoms with Crippen molar-refractivity contribution in [2.24, 2.45) is 0 Å². The van der Waals surface area contributed by atoms with E-state index >= 15 is 0 Å². The van der Waals surface area contributed by atoms with Crippen molar-refractivity contribution in [3.05, 3.63) is 94.9 Å². The zero-order valence-corrected chi connectivity index (χ0v) is 13.8. The predicted octanol–water partition coefficient (Wildman–Crippen LogP) is 5.05. The smallest absolute Gasteiger partial charge is 0.343 e. The molecule has 0 saturated carbocycles. The maximum Gasteiger partial charge on any atom is 0.343 e.